The zero-order chi connectivity index (χ0) is 12.5. The Balaban J connectivity index is 1.77. The molecule has 1 aromatic carbocycles. The molecule has 1 amide bonds. The van der Waals surface area contributed by atoms with Gasteiger partial charge in [0.2, 0.25) is 0 Å². The summed E-state index contributed by atoms with van der Waals surface area (Å²) in [6, 6.07) is 7.86. The van der Waals surface area contributed by atoms with Crippen molar-refractivity contribution in [1.29, 1.82) is 0 Å². The van der Waals surface area contributed by atoms with Gasteiger partial charge < -0.3 is 4.90 Å². The van der Waals surface area contributed by atoms with E-state index >= 15 is 0 Å². The van der Waals surface area contributed by atoms with Crippen LogP contribution in [0.5, 0.6) is 0 Å². The fraction of sp³-hybridized carbons (Fsp3) is 0.400. The molecular formula is C15H16INO. The third kappa shape index (κ3) is 2.20. The first-order chi connectivity index (χ1) is 8.75. The Morgan fingerprint density at radius 3 is 2.33 bits per heavy atom. The van der Waals surface area contributed by atoms with E-state index in [0.29, 0.717) is 11.8 Å². The molecule has 1 saturated heterocycles. The van der Waals surface area contributed by atoms with Crippen molar-refractivity contribution in [3.8, 4) is 0 Å². The first-order valence-electron chi connectivity index (χ1n) is 6.44. The number of hydrogen-bond acceptors (Lipinski definition) is 1. The predicted molar refractivity (Wildman–Crippen MR) is 80.4 cm³/mol. The fourth-order valence-electron chi connectivity index (χ4n) is 2.99. The number of carbonyl (C=O) groups excluding carboxylic acids is 1. The minimum atomic E-state index is 0.203. The summed E-state index contributed by atoms with van der Waals surface area (Å²) in [6.07, 6.45) is 6.81. The Morgan fingerprint density at radius 2 is 1.72 bits per heavy atom. The highest BCUT2D eigenvalue weighted by Crippen LogP contribution is 2.33. The van der Waals surface area contributed by atoms with Crippen molar-refractivity contribution < 1.29 is 4.79 Å². The van der Waals surface area contributed by atoms with Crippen molar-refractivity contribution in [2.45, 2.75) is 12.8 Å². The van der Waals surface area contributed by atoms with Gasteiger partial charge in [-0.1, -0.05) is 24.3 Å². The number of likely N-dealkylation sites (tertiary alicyclic amines) is 1. The van der Waals surface area contributed by atoms with Crippen LogP contribution in [0.25, 0.3) is 0 Å². The Bertz CT molecular complexity index is 481. The van der Waals surface area contributed by atoms with E-state index in [0.717, 1.165) is 35.1 Å². The Kier molecular flexibility index (Phi) is 3.41. The van der Waals surface area contributed by atoms with Gasteiger partial charge in [-0.15, -0.1) is 0 Å². The van der Waals surface area contributed by atoms with Gasteiger partial charge in [0.1, 0.15) is 0 Å². The highest BCUT2D eigenvalue weighted by atomic mass is 127. The number of amides is 1. The van der Waals surface area contributed by atoms with Crippen molar-refractivity contribution in [2.75, 3.05) is 13.1 Å². The van der Waals surface area contributed by atoms with E-state index in [1.165, 1.54) is 0 Å². The Morgan fingerprint density at radius 1 is 1.11 bits per heavy atom. The molecule has 18 heavy (non-hydrogen) atoms. The molecule has 0 spiro atoms. The van der Waals surface area contributed by atoms with Crippen LogP contribution in [0.2, 0.25) is 0 Å². The Hall–Kier alpha value is -0.840. The smallest absolute Gasteiger partial charge is 0.254 e. The SMILES string of the molecule is O=C(c1ccccc1I)N1CC2CC=CCC2C1. The van der Waals surface area contributed by atoms with E-state index in [2.05, 4.69) is 34.7 Å². The van der Waals surface area contributed by atoms with Gasteiger partial charge in [0, 0.05) is 16.7 Å². The minimum absolute atomic E-state index is 0.203. The van der Waals surface area contributed by atoms with E-state index in [-0.39, 0.29) is 5.91 Å². The zero-order valence-corrected chi connectivity index (χ0v) is 12.3. The van der Waals surface area contributed by atoms with Crippen molar-refractivity contribution >= 4 is 28.5 Å². The zero-order valence-electron chi connectivity index (χ0n) is 10.2. The lowest BCUT2D eigenvalue weighted by molar-refractivity contribution is 0.0783. The molecule has 0 saturated carbocycles. The summed E-state index contributed by atoms with van der Waals surface area (Å²) in [6.45, 7) is 1.86. The van der Waals surface area contributed by atoms with Crippen LogP contribution in [0.4, 0.5) is 0 Å². The molecule has 0 aromatic heterocycles. The number of rotatable bonds is 1. The van der Waals surface area contributed by atoms with Gasteiger partial charge in [-0.3, -0.25) is 4.79 Å². The lowest BCUT2D eigenvalue weighted by Gasteiger charge is -2.17. The first-order valence-corrected chi connectivity index (χ1v) is 7.52. The summed E-state index contributed by atoms with van der Waals surface area (Å²) in [5, 5.41) is 0. The molecule has 1 fully saturated rings. The average Bonchev–Trinajstić information content (AvgIpc) is 2.82. The van der Waals surface area contributed by atoms with Crippen molar-refractivity contribution in [3.63, 3.8) is 0 Å². The van der Waals surface area contributed by atoms with Crippen LogP contribution in [0.15, 0.2) is 36.4 Å². The van der Waals surface area contributed by atoms with Gasteiger partial charge in [-0.05, 0) is 59.4 Å². The van der Waals surface area contributed by atoms with Crippen molar-refractivity contribution in [2.24, 2.45) is 11.8 Å². The third-order valence-electron chi connectivity index (χ3n) is 4.01. The summed E-state index contributed by atoms with van der Waals surface area (Å²) in [4.78, 5) is 14.6. The molecule has 1 aromatic rings. The van der Waals surface area contributed by atoms with Crippen molar-refractivity contribution in [3.05, 3.63) is 45.6 Å². The van der Waals surface area contributed by atoms with Crippen LogP contribution in [0.1, 0.15) is 23.2 Å². The number of halogens is 1. The second-order valence-electron chi connectivity index (χ2n) is 5.15. The van der Waals surface area contributed by atoms with E-state index in [4.69, 9.17) is 0 Å². The molecule has 1 aliphatic carbocycles. The number of benzene rings is 1. The molecule has 2 atom stereocenters. The van der Waals surface area contributed by atoms with Crippen LogP contribution in [0.3, 0.4) is 0 Å². The van der Waals surface area contributed by atoms with Gasteiger partial charge in [0.15, 0.2) is 0 Å². The van der Waals surface area contributed by atoms with Crippen LogP contribution >= 0.6 is 22.6 Å². The number of hydrogen-bond donors (Lipinski definition) is 0. The standard InChI is InChI=1S/C15H16INO/c16-14-8-4-3-7-13(14)15(18)17-9-11-5-1-2-6-12(11)10-17/h1-4,7-8,11-12H,5-6,9-10H2. The monoisotopic (exact) mass is 353 g/mol. The maximum absolute atomic E-state index is 12.5. The molecule has 2 aliphatic rings. The van der Waals surface area contributed by atoms with Gasteiger partial charge in [0.05, 0.1) is 5.56 Å². The summed E-state index contributed by atoms with van der Waals surface area (Å²) in [5.41, 5.74) is 0.852. The molecule has 2 nitrogen and oxygen atoms in total. The van der Waals surface area contributed by atoms with Crippen molar-refractivity contribution in [1.82, 2.24) is 4.90 Å². The minimum Gasteiger partial charge on any atom is -0.338 e. The molecule has 1 aliphatic heterocycles. The van der Waals surface area contributed by atoms with Gasteiger partial charge in [-0.25, -0.2) is 0 Å². The summed E-state index contributed by atoms with van der Waals surface area (Å²) < 4.78 is 1.05. The quantitative estimate of drug-likeness (QED) is 0.560. The fourth-order valence-corrected chi connectivity index (χ4v) is 3.60. The maximum atomic E-state index is 12.5. The molecule has 3 heteroatoms. The highest BCUT2D eigenvalue weighted by Gasteiger charge is 2.35. The molecule has 2 unspecified atom stereocenters. The molecule has 0 bridgehead atoms. The van der Waals surface area contributed by atoms with Crippen LogP contribution in [-0.2, 0) is 0 Å². The lowest BCUT2D eigenvalue weighted by atomic mass is 9.86. The third-order valence-corrected chi connectivity index (χ3v) is 4.95. The average molecular weight is 353 g/mol. The van der Waals surface area contributed by atoms with E-state index < -0.39 is 0 Å². The predicted octanol–water partition coefficient (Wildman–Crippen LogP) is 3.33. The van der Waals surface area contributed by atoms with Crippen LogP contribution in [0, 0.1) is 15.4 Å². The summed E-state index contributed by atoms with van der Waals surface area (Å²) in [7, 11) is 0. The van der Waals surface area contributed by atoms with Gasteiger partial charge >= 0.3 is 0 Å². The molecule has 0 N–H and O–H groups in total. The molecular weight excluding hydrogens is 337 g/mol. The van der Waals surface area contributed by atoms with Crippen LogP contribution < -0.4 is 0 Å². The summed E-state index contributed by atoms with van der Waals surface area (Å²) in [5.74, 6) is 1.56. The molecule has 3 rings (SSSR count). The Labute approximate surface area is 121 Å². The van der Waals surface area contributed by atoms with Gasteiger partial charge in [-0.2, -0.15) is 0 Å². The second-order valence-corrected chi connectivity index (χ2v) is 6.32. The molecule has 94 valence electrons. The number of nitrogens with zero attached hydrogens (tertiary/aromatic N) is 1. The maximum Gasteiger partial charge on any atom is 0.254 e. The number of allylic oxidation sites excluding steroid dienone is 2. The first kappa shape index (κ1) is 12.2. The number of fused-ring (bicyclic) bond motifs is 1. The molecule has 1 heterocycles. The topological polar surface area (TPSA) is 20.3 Å². The second kappa shape index (κ2) is 5.03. The molecule has 0 radical (unpaired) electrons. The van der Waals surface area contributed by atoms with Crippen LogP contribution in [-0.4, -0.2) is 23.9 Å². The lowest BCUT2D eigenvalue weighted by Crippen LogP contribution is -2.29. The van der Waals surface area contributed by atoms with E-state index in [1.54, 1.807) is 0 Å². The largest absolute Gasteiger partial charge is 0.338 e. The van der Waals surface area contributed by atoms with E-state index in [1.807, 2.05) is 29.2 Å². The summed E-state index contributed by atoms with van der Waals surface area (Å²) >= 11 is 2.24. The highest BCUT2D eigenvalue weighted by molar-refractivity contribution is 14.1. The number of carbonyl (C=O) groups is 1. The normalized spacial score (nSPS) is 26.2. The van der Waals surface area contributed by atoms with Gasteiger partial charge in [0.25, 0.3) is 5.91 Å². The van der Waals surface area contributed by atoms with E-state index in [9.17, 15) is 4.79 Å².